The number of fused-ring (bicyclic) bond motifs is 5. The van der Waals surface area contributed by atoms with Crippen LogP contribution in [0, 0.1) is 18.1 Å². The SMILES string of the molecule is O=C1OC(C2(C3Cc4ccccc4OC3=O)[C](N3Cc4ccccc4C3=O)OOc3cccc(C4C=C5C=CC=CC5C(=O)N4)c32)Cc2ccccc21. The van der Waals surface area contributed by atoms with E-state index in [4.69, 9.17) is 19.2 Å². The Balaban J connectivity index is 1.25. The van der Waals surface area contributed by atoms with Crippen LogP contribution in [0.25, 0.3) is 0 Å². The van der Waals surface area contributed by atoms with Gasteiger partial charge in [-0.3, -0.25) is 19.3 Å². The predicted molar refractivity (Wildman–Crippen MR) is 189 cm³/mol. The Hall–Kier alpha value is -6.26. The van der Waals surface area contributed by atoms with Gasteiger partial charge in [-0.15, -0.1) is 0 Å². The molecule has 0 bridgehead atoms. The largest absolute Gasteiger partial charge is 0.457 e. The summed E-state index contributed by atoms with van der Waals surface area (Å²) >= 11 is 0. The van der Waals surface area contributed by atoms with Gasteiger partial charge in [0.05, 0.1) is 23.4 Å². The number of ether oxygens (including phenoxy) is 2. The highest BCUT2D eigenvalue weighted by molar-refractivity contribution is 5.99. The van der Waals surface area contributed by atoms with Crippen molar-refractivity contribution in [2.45, 2.75) is 36.9 Å². The van der Waals surface area contributed by atoms with Gasteiger partial charge in [0.25, 0.3) is 12.1 Å². The van der Waals surface area contributed by atoms with Crippen molar-refractivity contribution in [1.82, 2.24) is 10.2 Å². The average Bonchev–Trinajstić information content (AvgIpc) is 3.52. The first-order valence-electron chi connectivity index (χ1n) is 17.6. The number of nitrogens with zero attached hydrogens (tertiary/aromatic N) is 1. The lowest BCUT2D eigenvalue weighted by Crippen LogP contribution is -2.64. The van der Waals surface area contributed by atoms with Crippen LogP contribution in [-0.4, -0.2) is 34.8 Å². The van der Waals surface area contributed by atoms with Crippen molar-refractivity contribution in [3.8, 4) is 11.5 Å². The van der Waals surface area contributed by atoms with Gasteiger partial charge in [0.2, 0.25) is 5.91 Å². The quantitative estimate of drug-likeness (QED) is 0.161. The molecule has 10 nitrogen and oxygen atoms in total. The van der Waals surface area contributed by atoms with Crippen molar-refractivity contribution in [1.29, 1.82) is 0 Å². The first-order valence-corrected chi connectivity index (χ1v) is 17.6. The maximum Gasteiger partial charge on any atom is 0.338 e. The van der Waals surface area contributed by atoms with Crippen LogP contribution in [0.4, 0.5) is 0 Å². The third-order valence-electron chi connectivity index (χ3n) is 11.3. The standard InChI is InChI=1S/C43H31N2O8/c46-38-28-14-5-1-10-24(28)21-33(44-38)31-17-9-19-35-37(31)43(32-20-26-12-4-8-18-34(26)50-41(32)49,36-22-25-11-2-7-16-30(25)40(48)51-36)42(53-52-35)45-23-27-13-3-6-15-29(27)39(45)47/h1-19,21,28,32-33,36H,20,22-23H2,(H,44,46). The third-order valence-corrected chi connectivity index (χ3v) is 11.3. The van der Waals surface area contributed by atoms with E-state index in [1.807, 2.05) is 72.8 Å². The summed E-state index contributed by atoms with van der Waals surface area (Å²) in [6.45, 7) is 0.117. The van der Waals surface area contributed by atoms with Gasteiger partial charge >= 0.3 is 11.9 Å². The molecule has 6 aliphatic rings. The lowest BCUT2D eigenvalue weighted by atomic mass is 9.58. The van der Waals surface area contributed by atoms with Crippen molar-refractivity contribution >= 4 is 23.8 Å². The molecule has 0 fully saturated rings. The third kappa shape index (κ3) is 4.68. The molecule has 1 radical (unpaired) electrons. The van der Waals surface area contributed by atoms with Crippen LogP contribution in [0.1, 0.15) is 54.6 Å². The monoisotopic (exact) mass is 703 g/mol. The van der Waals surface area contributed by atoms with Gasteiger partial charge in [-0.2, -0.15) is 4.89 Å². The molecule has 53 heavy (non-hydrogen) atoms. The van der Waals surface area contributed by atoms with E-state index in [1.54, 1.807) is 48.5 Å². The number of esters is 2. The van der Waals surface area contributed by atoms with Crippen LogP contribution in [0.15, 0.2) is 127 Å². The summed E-state index contributed by atoms with van der Waals surface area (Å²) in [6, 6.07) is 26.4. The zero-order valence-corrected chi connectivity index (χ0v) is 28.2. The van der Waals surface area contributed by atoms with Crippen LogP contribution in [0.5, 0.6) is 11.5 Å². The van der Waals surface area contributed by atoms with Crippen LogP contribution < -0.4 is 14.9 Å². The number of hydrogen-bond acceptors (Lipinski definition) is 8. The van der Waals surface area contributed by atoms with Crippen LogP contribution in [0.2, 0.25) is 0 Å². The van der Waals surface area contributed by atoms with Crippen LogP contribution >= 0.6 is 0 Å². The lowest BCUT2D eigenvalue weighted by Gasteiger charge is -2.53. The molecule has 0 aromatic heterocycles. The van der Waals surface area contributed by atoms with Crippen molar-refractivity contribution in [2.75, 3.05) is 0 Å². The summed E-state index contributed by atoms with van der Waals surface area (Å²) in [5, 5.41) is 3.17. The summed E-state index contributed by atoms with van der Waals surface area (Å²) in [6.07, 6.45) is 8.71. The van der Waals surface area contributed by atoms with Gasteiger partial charge < -0.3 is 19.7 Å². The molecule has 5 aliphatic heterocycles. The lowest BCUT2D eigenvalue weighted by molar-refractivity contribution is -0.268. The topological polar surface area (TPSA) is 120 Å². The van der Waals surface area contributed by atoms with Crippen LogP contribution in [0.3, 0.4) is 0 Å². The highest BCUT2D eigenvalue weighted by Gasteiger charge is 2.68. The molecule has 4 aromatic rings. The van der Waals surface area contributed by atoms with Crippen LogP contribution in [-0.2, 0) is 44.0 Å². The number of cyclic esters (lactones) is 1. The van der Waals surface area contributed by atoms with E-state index in [2.05, 4.69) is 5.32 Å². The Morgan fingerprint density at radius 3 is 2.34 bits per heavy atom. The molecule has 0 spiro atoms. The molecule has 1 aliphatic carbocycles. The van der Waals surface area contributed by atoms with Gasteiger partial charge in [-0.1, -0.05) is 97.1 Å². The van der Waals surface area contributed by atoms with E-state index in [-0.39, 0.29) is 43.2 Å². The average molecular weight is 704 g/mol. The normalized spacial score (nSPS) is 26.9. The number of amides is 2. The van der Waals surface area contributed by atoms with Gasteiger partial charge in [0, 0.05) is 24.1 Å². The summed E-state index contributed by atoms with van der Waals surface area (Å²) in [4.78, 5) is 70.8. The fraction of sp³-hybridized carbons (Fsp3) is 0.186. The Labute approximate surface area is 304 Å². The van der Waals surface area contributed by atoms with E-state index in [9.17, 15) is 19.2 Å². The van der Waals surface area contributed by atoms with E-state index in [1.165, 1.54) is 4.90 Å². The molecule has 5 atom stereocenters. The minimum atomic E-state index is -1.71. The van der Waals surface area contributed by atoms with E-state index in [0.717, 1.165) is 16.7 Å². The summed E-state index contributed by atoms with van der Waals surface area (Å²) in [7, 11) is 0. The number of hydrogen-bond donors (Lipinski definition) is 1. The molecular weight excluding hydrogens is 672 g/mol. The Bertz CT molecular complexity index is 2360. The molecule has 5 unspecified atom stereocenters. The predicted octanol–water partition coefficient (Wildman–Crippen LogP) is 5.79. The fourth-order valence-electron chi connectivity index (χ4n) is 8.90. The first-order chi connectivity index (χ1) is 25.9. The molecule has 4 aromatic carbocycles. The summed E-state index contributed by atoms with van der Waals surface area (Å²) in [5.41, 5.74) is 3.28. The van der Waals surface area contributed by atoms with Gasteiger partial charge in [0.15, 0.2) is 5.75 Å². The molecular formula is C43H31N2O8. The number of para-hydroxylation sites is 1. The van der Waals surface area contributed by atoms with Gasteiger partial charge in [-0.05, 0) is 58.5 Å². The number of nitrogens with one attached hydrogen (secondary N) is 1. The fourth-order valence-corrected chi connectivity index (χ4v) is 8.90. The minimum Gasteiger partial charge on any atom is -0.457 e. The maximum atomic E-state index is 14.8. The molecule has 1 N–H and O–H groups in total. The second-order valence-corrected chi connectivity index (χ2v) is 14.0. The highest BCUT2D eigenvalue weighted by atomic mass is 17.2. The number of benzene rings is 4. The van der Waals surface area contributed by atoms with Gasteiger partial charge in [-0.25, -0.2) is 4.79 Å². The number of rotatable bonds is 4. The smallest absolute Gasteiger partial charge is 0.338 e. The van der Waals surface area contributed by atoms with Crippen molar-refractivity contribution in [3.05, 3.63) is 172 Å². The molecule has 2 amide bonds. The van der Waals surface area contributed by atoms with E-state index < -0.39 is 41.3 Å². The number of allylic oxidation sites excluding steroid dienone is 3. The minimum absolute atomic E-state index is 0.00493. The van der Waals surface area contributed by atoms with Gasteiger partial charge in [0.1, 0.15) is 17.3 Å². The zero-order valence-electron chi connectivity index (χ0n) is 28.2. The van der Waals surface area contributed by atoms with Crippen molar-refractivity contribution < 1.29 is 38.4 Å². The Morgan fingerprint density at radius 1 is 0.736 bits per heavy atom. The molecule has 261 valence electrons. The number of carbonyl (C=O) groups is 4. The van der Waals surface area contributed by atoms with E-state index >= 15 is 0 Å². The zero-order chi connectivity index (χ0) is 35.8. The molecule has 10 heteroatoms. The highest BCUT2D eigenvalue weighted by Crippen LogP contribution is 2.59. The molecule has 10 rings (SSSR count). The Kier molecular flexibility index (Phi) is 7.06. The maximum absolute atomic E-state index is 14.8. The summed E-state index contributed by atoms with van der Waals surface area (Å²) < 4.78 is 12.6. The molecule has 0 saturated heterocycles. The second kappa shape index (κ2) is 11.9. The first kappa shape index (κ1) is 31.5. The van der Waals surface area contributed by atoms with Crippen molar-refractivity contribution in [3.63, 3.8) is 0 Å². The second-order valence-electron chi connectivity index (χ2n) is 14.0. The summed E-state index contributed by atoms with van der Waals surface area (Å²) in [5.74, 6) is -2.57. The van der Waals surface area contributed by atoms with E-state index in [0.29, 0.717) is 33.6 Å². The molecule has 5 heterocycles. The van der Waals surface area contributed by atoms with Crippen molar-refractivity contribution in [2.24, 2.45) is 11.8 Å². The Morgan fingerprint density at radius 2 is 1.49 bits per heavy atom. The molecule has 0 saturated carbocycles. The number of carbonyl (C=O) groups excluding carboxylic acids is 4.